The number of hydrogen-bond donors (Lipinski definition) is 2. The molecule has 0 atom stereocenters. The van der Waals surface area contributed by atoms with Crippen LogP contribution in [0, 0.1) is 6.92 Å². The van der Waals surface area contributed by atoms with Gasteiger partial charge in [0.15, 0.2) is 6.61 Å². The minimum atomic E-state index is -0.231. The Morgan fingerprint density at radius 1 is 1.03 bits per heavy atom. The maximum atomic E-state index is 13.0. The lowest BCUT2D eigenvalue weighted by molar-refractivity contribution is -0.134. The lowest BCUT2D eigenvalue weighted by Gasteiger charge is -2.31. The van der Waals surface area contributed by atoms with Gasteiger partial charge in [-0.2, -0.15) is 0 Å². The van der Waals surface area contributed by atoms with E-state index in [2.05, 4.69) is 34.6 Å². The van der Waals surface area contributed by atoms with E-state index in [1.165, 1.54) is 29.0 Å². The van der Waals surface area contributed by atoms with Crippen molar-refractivity contribution in [1.29, 1.82) is 0 Å². The first-order valence-electron chi connectivity index (χ1n) is 12.6. The van der Waals surface area contributed by atoms with Crippen molar-refractivity contribution in [3.63, 3.8) is 0 Å². The number of ether oxygens (including phenoxy) is 1. The Morgan fingerprint density at radius 3 is 2.47 bits per heavy atom. The van der Waals surface area contributed by atoms with E-state index in [0.29, 0.717) is 24.5 Å². The summed E-state index contributed by atoms with van der Waals surface area (Å²) in [5.41, 5.74) is 4.34. The minimum absolute atomic E-state index is 0.0406. The number of hydrogen-bond acceptors (Lipinski definition) is 6. The van der Waals surface area contributed by atoms with Crippen LogP contribution >= 0.6 is 11.3 Å². The SMILES string of the molecule is Cc1ccc(-c2ccccc2NC(=O)c2csc(C3CCN(C(=O)COc4ccc(O)cc4)CC3)n2)cc1. The van der Waals surface area contributed by atoms with Crippen molar-refractivity contribution in [3.05, 3.63) is 94.4 Å². The molecule has 2 amide bonds. The smallest absolute Gasteiger partial charge is 0.275 e. The number of benzene rings is 3. The zero-order valence-electron chi connectivity index (χ0n) is 21.1. The maximum absolute atomic E-state index is 13.0. The predicted octanol–water partition coefficient (Wildman–Crippen LogP) is 5.86. The number of phenols is 1. The van der Waals surface area contributed by atoms with E-state index in [4.69, 9.17) is 4.74 Å². The van der Waals surface area contributed by atoms with Gasteiger partial charge < -0.3 is 20.1 Å². The summed E-state index contributed by atoms with van der Waals surface area (Å²) in [6.45, 7) is 3.25. The summed E-state index contributed by atoms with van der Waals surface area (Å²) >= 11 is 1.49. The summed E-state index contributed by atoms with van der Waals surface area (Å²) in [5, 5.41) is 15.1. The average molecular weight is 528 g/mol. The summed E-state index contributed by atoms with van der Waals surface area (Å²) in [6, 6.07) is 22.3. The molecule has 1 saturated heterocycles. The summed E-state index contributed by atoms with van der Waals surface area (Å²) in [6.07, 6.45) is 1.57. The second kappa shape index (κ2) is 11.5. The highest BCUT2D eigenvalue weighted by Gasteiger charge is 2.26. The third-order valence-electron chi connectivity index (χ3n) is 6.69. The van der Waals surface area contributed by atoms with Crippen LogP contribution in [0.1, 0.15) is 39.8 Å². The Bertz CT molecular complexity index is 1410. The normalized spacial score (nSPS) is 13.8. The third kappa shape index (κ3) is 6.03. The van der Waals surface area contributed by atoms with Crippen molar-refractivity contribution in [1.82, 2.24) is 9.88 Å². The molecule has 1 fully saturated rings. The monoisotopic (exact) mass is 527 g/mol. The number of likely N-dealkylation sites (tertiary alicyclic amines) is 1. The van der Waals surface area contributed by atoms with E-state index in [1.807, 2.05) is 36.6 Å². The van der Waals surface area contributed by atoms with Gasteiger partial charge in [-0.05, 0) is 55.7 Å². The molecule has 194 valence electrons. The molecular weight excluding hydrogens is 498 g/mol. The molecule has 1 aliphatic heterocycles. The van der Waals surface area contributed by atoms with Crippen LogP contribution in [0.2, 0.25) is 0 Å². The van der Waals surface area contributed by atoms with Crippen molar-refractivity contribution in [2.45, 2.75) is 25.7 Å². The second-order valence-corrected chi connectivity index (χ2v) is 10.3. The van der Waals surface area contributed by atoms with Gasteiger partial charge >= 0.3 is 0 Å². The topological polar surface area (TPSA) is 91.8 Å². The van der Waals surface area contributed by atoms with Crippen molar-refractivity contribution in [3.8, 4) is 22.6 Å². The summed E-state index contributed by atoms with van der Waals surface area (Å²) < 4.78 is 5.55. The number of rotatable bonds is 7. The second-order valence-electron chi connectivity index (χ2n) is 9.37. The van der Waals surface area contributed by atoms with E-state index in [-0.39, 0.29) is 30.1 Å². The maximum Gasteiger partial charge on any atom is 0.275 e. The molecule has 0 radical (unpaired) electrons. The zero-order valence-corrected chi connectivity index (χ0v) is 21.9. The molecule has 0 aliphatic carbocycles. The number of thiazole rings is 1. The molecule has 3 aromatic carbocycles. The highest BCUT2D eigenvalue weighted by Crippen LogP contribution is 2.32. The molecule has 1 aliphatic rings. The summed E-state index contributed by atoms with van der Waals surface area (Å²) in [5.74, 6) is 0.610. The highest BCUT2D eigenvalue weighted by atomic mass is 32.1. The Labute approximate surface area is 225 Å². The quantitative estimate of drug-likeness (QED) is 0.314. The van der Waals surface area contributed by atoms with Crippen molar-refractivity contribution < 1.29 is 19.4 Å². The summed E-state index contributed by atoms with van der Waals surface area (Å²) in [7, 11) is 0. The number of amides is 2. The van der Waals surface area contributed by atoms with Crippen LogP contribution in [0.5, 0.6) is 11.5 Å². The molecule has 0 bridgehead atoms. The van der Waals surface area contributed by atoms with Gasteiger partial charge in [0, 0.05) is 35.6 Å². The molecule has 2 N–H and O–H groups in total. The van der Waals surface area contributed by atoms with E-state index < -0.39 is 0 Å². The molecule has 0 unspecified atom stereocenters. The first-order valence-corrected chi connectivity index (χ1v) is 13.5. The van der Waals surface area contributed by atoms with Crippen LogP contribution in [0.3, 0.4) is 0 Å². The van der Waals surface area contributed by atoms with Crippen LogP contribution in [-0.2, 0) is 4.79 Å². The van der Waals surface area contributed by atoms with Gasteiger partial charge in [0.25, 0.3) is 11.8 Å². The number of para-hydroxylation sites is 1. The Hall–Kier alpha value is -4.17. The minimum Gasteiger partial charge on any atom is -0.508 e. The van der Waals surface area contributed by atoms with Crippen LogP contribution in [0.15, 0.2) is 78.2 Å². The van der Waals surface area contributed by atoms with Crippen LogP contribution in [0.4, 0.5) is 5.69 Å². The molecule has 38 heavy (non-hydrogen) atoms. The van der Waals surface area contributed by atoms with Gasteiger partial charge in [-0.15, -0.1) is 11.3 Å². The molecule has 4 aromatic rings. The predicted molar refractivity (Wildman–Crippen MR) is 149 cm³/mol. The summed E-state index contributed by atoms with van der Waals surface area (Å²) in [4.78, 5) is 32.1. The largest absolute Gasteiger partial charge is 0.508 e. The fraction of sp³-hybridized carbons (Fsp3) is 0.233. The third-order valence-corrected chi connectivity index (χ3v) is 7.70. The number of carbonyl (C=O) groups excluding carboxylic acids is 2. The Morgan fingerprint density at radius 2 is 1.74 bits per heavy atom. The number of carbonyl (C=O) groups is 2. The average Bonchev–Trinajstić information content (AvgIpc) is 3.44. The van der Waals surface area contributed by atoms with Gasteiger partial charge in [-0.3, -0.25) is 9.59 Å². The van der Waals surface area contributed by atoms with Gasteiger partial charge in [-0.1, -0.05) is 48.0 Å². The number of nitrogens with zero attached hydrogens (tertiary/aromatic N) is 2. The number of aromatic nitrogens is 1. The Balaban J connectivity index is 1.16. The number of nitrogens with one attached hydrogen (secondary N) is 1. The number of aryl methyl sites for hydroxylation is 1. The standard InChI is InChI=1S/C30H29N3O4S/c1-20-6-8-21(9-7-20)25-4-2-3-5-26(25)31-29(36)27-19-38-30(32-27)22-14-16-33(17-15-22)28(35)18-37-24-12-10-23(34)11-13-24/h2-13,19,22,34H,14-18H2,1H3,(H,31,36). The van der Waals surface area contributed by atoms with Crippen molar-refractivity contribution in [2.24, 2.45) is 0 Å². The molecule has 0 saturated carbocycles. The number of piperidine rings is 1. The van der Waals surface area contributed by atoms with Crippen LogP contribution < -0.4 is 10.1 Å². The van der Waals surface area contributed by atoms with Crippen molar-refractivity contribution in [2.75, 3.05) is 25.0 Å². The fourth-order valence-corrected chi connectivity index (χ4v) is 5.47. The van der Waals surface area contributed by atoms with E-state index in [0.717, 1.165) is 34.7 Å². The molecule has 1 aromatic heterocycles. The van der Waals surface area contributed by atoms with E-state index in [1.54, 1.807) is 17.0 Å². The molecule has 2 heterocycles. The first-order chi connectivity index (χ1) is 18.5. The highest BCUT2D eigenvalue weighted by molar-refractivity contribution is 7.10. The lowest BCUT2D eigenvalue weighted by Crippen LogP contribution is -2.40. The first kappa shape index (κ1) is 25.5. The number of anilines is 1. The molecule has 7 nitrogen and oxygen atoms in total. The molecule has 8 heteroatoms. The van der Waals surface area contributed by atoms with Gasteiger partial charge in [0.05, 0.1) is 5.01 Å². The van der Waals surface area contributed by atoms with Crippen LogP contribution in [-0.4, -0.2) is 46.5 Å². The van der Waals surface area contributed by atoms with Gasteiger partial charge in [0.2, 0.25) is 0 Å². The fourth-order valence-electron chi connectivity index (χ4n) is 4.50. The van der Waals surface area contributed by atoms with Gasteiger partial charge in [-0.25, -0.2) is 4.98 Å². The van der Waals surface area contributed by atoms with E-state index in [9.17, 15) is 14.7 Å². The lowest BCUT2D eigenvalue weighted by atomic mass is 9.97. The van der Waals surface area contributed by atoms with Crippen LogP contribution in [0.25, 0.3) is 11.1 Å². The zero-order chi connectivity index (χ0) is 26.5. The number of aromatic hydroxyl groups is 1. The number of phenolic OH excluding ortho intramolecular Hbond substituents is 1. The van der Waals surface area contributed by atoms with Gasteiger partial charge in [0.1, 0.15) is 17.2 Å². The molecular formula is C30H29N3O4S. The molecule has 0 spiro atoms. The van der Waals surface area contributed by atoms with Crippen molar-refractivity contribution >= 4 is 28.8 Å². The Kier molecular flexibility index (Phi) is 7.70. The molecule has 5 rings (SSSR count). The van der Waals surface area contributed by atoms with E-state index >= 15 is 0 Å².